The Morgan fingerprint density at radius 1 is 1.38 bits per heavy atom. The van der Waals surface area contributed by atoms with Gasteiger partial charge in [0.2, 0.25) is 5.89 Å². The second-order valence-corrected chi connectivity index (χ2v) is 7.01. The summed E-state index contributed by atoms with van der Waals surface area (Å²) in [5.41, 5.74) is 0.688. The number of nitrogens with zero attached hydrogens (tertiary/aromatic N) is 6. The lowest BCUT2D eigenvalue weighted by Gasteiger charge is -2.26. The van der Waals surface area contributed by atoms with Crippen molar-refractivity contribution in [3.8, 4) is 0 Å². The SMILES string of the molecule is CCCn1cc(C(=O)N2CCC[C@H](N(C)Cc3noc(C)n3)CC2)cn1. The van der Waals surface area contributed by atoms with Gasteiger partial charge in [0.15, 0.2) is 5.82 Å². The quantitative estimate of drug-likeness (QED) is 0.785. The largest absolute Gasteiger partial charge is 0.340 e. The Balaban J connectivity index is 1.55. The third-order valence-corrected chi connectivity index (χ3v) is 4.90. The van der Waals surface area contributed by atoms with Crippen LogP contribution in [0.5, 0.6) is 0 Å². The van der Waals surface area contributed by atoms with Crippen LogP contribution in [0.15, 0.2) is 16.9 Å². The highest BCUT2D eigenvalue weighted by Gasteiger charge is 2.25. The topological polar surface area (TPSA) is 80.3 Å². The molecule has 0 radical (unpaired) electrons. The van der Waals surface area contributed by atoms with Crippen molar-refractivity contribution in [2.75, 3.05) is 20.1 Å². The highest BCUT2D eigenvalue weighted by Crippen LogP contribution is 2.19. The Morgan fingerprint density at radius 3 is 2.96 bits per heavy atom. The molecule has 0 unspecified atom stereocenters. The van der Waals surface area contributed by atoms with Crippen molar-refractivity contribution in [3.63, 3.8) is 0 Å². The van der Waals surface area contributed by atoms with E-state index in [9.17, 15) is 4.79 Å². The van der Waals surface area contributed by atoms with E-state index in [-0.39, 0.29) is 5.91 Å². The maximum atomic E-state index is 12.8. The van der Waals surface area contributed by atoms with Crippen LogP contribution in [0.4, 0.5) is 0 Å². The lowest BCUT2D eigenvalue weighted by molar-refractivity contribution is 0.0757. The Kier molecular flexibility index (Phi) is 6.03. The Labute approximate surface area is 154 Å². The molecule has 0 bridgehead atoms. The van der Waals surface area contributed by atoms with E-state index >= 15 is 0 Å². The summed E-state index contributed by atoms with van der Waals surface area (Å²) in [7, 11) is 2.09. The predicted octanol–water partition coefficient (Wildman–Crippen LogP) is 2.11. The van der Waals surface area contributed by atoms with Crippen LogP contribution in [0.2, 0.25) is 0 Å². The van der Waals surface area contributed by atoms with Crippen molar-refractivity contribution >= 4 is 5.91 Å². The highest BCUT2D eigenvalue weighted by atomic mass is 16.5. The van der Waals surface area contributed by atoms with Gasteiger partial charge in [-0.3, -0.25) is 14.4 Å². The zero-order chi connectivity index (χ0) is 18.5. The first-order chi connectivity index (χ1) is 12.6. The fourth-order valence-corrected chi connectivity index (χ4v) is 3.49. The fraction of sp³-hybridized carbons (Fsp3) is 0.667. The van der Waals surface area contributed by atoms with Crippen molar-refractivity contribution in [2.45, 2.75) is 58.7 Å². The van der Waals surface area contributed by atoms with Gasteiger partial charge in [0.05, 0.1) is 18.3 Å². The molecule has 2 aromatic rings. The molecule has 142 valence electrons. The van der Waals surface area contributed by atoms with Gasteiger partial charge < -0.3 is 9.42 Å². The molecule has 0 N–H and O–H groups in total. The van der Waals surface area contributed by atoms with Crippen molar-refractivity contribution in [1.82, 2.24) is 29.7 Å². The van der Waals surface area contributed by atoms with Gasteiger partial charge in [-0.05, 0) is 32.7 Å². The summed E-state index contributed by atoms with van der Waals surface area (Å²) in [4.78, 5) is 21.3. The Morgan fingerprint density at radius 2 is 2.23 bits per heavy atom. The average Bonchev–Trinajstić information content (AvgIpc) is 3.16. The Bertz CT molecular complexity index is 725. The summed E-state index contributed by atoms with van der Waals surface area (Å²) in [5.74, 6) is 1.39. The maximum Gasteiger partial charge on any atom is 0.257 e. The predicted molar refractivity (Wildman–Crippen MR) is 96.6 cm³/mol. The van der Waals surface area contributed by atoms with Crippen LogP contribution in [-0.2, 0) is 13.1 Å². The summed E-state index contributed by atoms with van der Waals surface area (Å²) in [5, 5.41) is 8.25. The van der Waals surface area contributed by atoms with Crippen LogP contribution in [-0.4, -0.2) is 61.8 Å². The van der Waals surface area contributed by atoms with E-state index in [4.69, 9.17) is 4.52 Å². The molecular formula is C18H28N6O2. The van der Waals surface area contributed by atoms with E-state index in [0.29, 0.717) is 29.9 Å². The van der Waals surface area contributed by atoms with Crippen LogP contribution in [0, 0.1) is 6.92 Å². The normalized spacial score (nSPS) is 18.3. The molecular weight excluding hydrogens is 332 g/mol. The third-order valence-electron chi connectivity index (χ3n) is 4.90. The fourth-order valence-electron chi connectivity index (χ4n) is 3.49. The summed E-state index contributed by atoms with van der Waals surface area (Å²) in [6, 6.07) is 0.412. The minimum Gasteiger partial charge on any atom is -0.340 e. The second kappa shape index (κ2) is 8.44. The van der Waals surface area contributed by atoms with Gasteiger partial charge in [-0.2, -0.15) is 10.1 Å². The highest BCUT2D eigenvalue weighted by molar-refractivity contribution is 5.93. The average molecular weight is 360 g/mol. The van der Waals surface area contributed by atoms with Crippen LogP contribution in [0.3, 0.4) is 0 Å². The molecule has 8 nitrogen and oxygen atoms in total. The zero-order valence-electron chi connectivity index (χ0n) is 15.9. The second-order valence-electron chi connectivity index (χ2n) is 7.01. The summed E-state index contributed by atoms with van der Waals surface area (Å²) in [6.45, 7) is 6.97. The van der Waals surface area contributed by atoms with Gasteiger partial charge in [0, 0.05) is 38.8 Å². The first-order valence-corrected chi connectivity index (χ1v) is 9.38. The molecule has 0 spiro atoms. The number of aromatic nitrogens is 4. The number of hydrogen-bond donors (Lipinski definition) is 0. The van der Waals surface area contributed by atoms with Crippen molar-refractivity contribution < 1.29 is 9.32 Å². The van der Waals surface area contributed by atoms with Crippen LogP contribution in [0.25, 0.3) is 0 Å². The molecule has 1 fully saturated rings. The van der Waals surface area contributed by atoms with E-state index in [2.05, 4.69) is 34.1 Å². The number of rotatable bonds is 6. The molecule has 1 aliphatic rings. The number of hydrogen-bond acceptors (Lipinski definition) is 6. The maximum absolute atomic E-state index is 12.8. The number of carbonyl (C=O) groups excluding carboxylic acids is 1. The smallest absolute Gasteiger partial charge is 0.257 e. The van der Waals surface area contributed by atoms with E-state index in [0.717, 1.165) is 45.3 Å². The van der Waals surface area contributed by atoms with E-state index in [1.165, 1.54) is 0 Å². The number of amides is 1. The number of aryl methyl sites for hydroxylation is 2. The molecule has 0 aromatic carbocycles. The van der Waals surface area contributed by atoms with Gasteiger partial charge in [-0.25, -0.2) is 0 Å². The molecule has 1 saturated heterocycles. The lowest BCUT2D eigenvalue weighted by atomic mass is 10.1. The van der Waals surface area contributed by atoms with E-state index in [1.54, 1.807) is 13.1 Å². The molecule has 2 aromatic heterocycles. The van der Waals surface area contributed by atoms with Gasteiger partial charge in [0.25, 0.3) is 5.91 Å². The van der Waals surface area contributed by atoms with E-state index in [1.807, 2.05) is 15.8 Å². The van der Waals surface area contributed by atoms with E-state index < -0.39 is 0 Å². The Hall–Kier alpha value is -2.22. The third kappa shape index (κ3) is 4.49. The molecule has 0 saturated carbocycles. The van der Waals surface area contributed by atoms with Crippen molar-refractivity contribution in [2.24, 2.45) is 0 Å². The molecule has 8 heteroatoms. The van der Waals surface area contributed by atoms with Crippen LogP contribution < -0.4 is 0 Å². The lowest BCUT2D eigenvalue weighted by Crippen LogP contribution is -2.35. The van der Waals surface area contributed by atoms with Crippen molar-refractivity contribution in [3.05, 3.63) is 29.7 Å². The molecule has 1 aliphatic heterocycles. The standard InChI is InChI=1S/C18H28N6O2/c1-4-8-24-12-15(11-19-24)18(25)23-9-5-6-16(7-10-23)22(3)13-17-20-14(2)26-21-17/h11-12,16H,4-10,13H2,1-3H3/t16-/m0/s1. The summed E-state index contributed by atoms with van der Waals surface area (Å²) in [6.07, 6.45) is 7.56. The van der Waals surface area contributed by atoms with Crippen LogP contribution in [0.1, 0.15) is 54.7 Å². The van der Waals surface area contributed by atoms with Gasteiger partial charge in [-0.15, -0.1) is 0 Å². The number of carbonyl (C=O) groups is 1. The zero-order valence-corrected chi connectivity index (χ0v) is 15.9. The van der Waals surface area contributed by atoms with Crippen molar-refractivity contribution in [1.29, 1.82) is 0 Å². The van der Waals surface area contributed by atoms with Gasteiger partial charge in [0.1, 0.15) is 0 Å². The van der Waals surface area contributed by atoms with Gasteiger partial charge in [-0.1, -0.05) is 12.1 Å². The summed E-state index contributed by atoms with van der Waals surface area (Å²) < 4.78 is 6.89. The first kappa shape index (κ1) is 18.6. The molecule has 3 heterocycles. The molecule has 1 atom stereocenters. The minimum atomic E-state index is 0.0875. The van der Waals surface area contributed by atoms with Crippen LogP contribution >= 0.6 is 0 Å². The minimum absolute atomic E-state index is 0.0875. The molecule has 1 amide bonds. The van der Waals surface area contributed by atoms with Gasteiger partial charge >= 0.3 is 0 Å². The molecule has 26 heavy (non-hydrogen) atoms. The molecule has 0 aliphatic carbocycles. The number of likely N-dealkylation sites (tertiary alicyclic amines) is 1. The summed E-state index contributed by atoms with van der Waals surface area (Å²) >= 11 is 0. The monoisotopic (exact) mass is 360 g/mol. The first-order valence-electron chi connectivity index (χ1n) is 9.38. The molecule has 3 rings (SSSR count).